The molecule has 0 aliphatic rings. The van der Waals surface area contributed by atoms with Gasteiger partial charge >= 0.3 is 17.8 Å². The van der Waals surface area contributed by atoms with Crippen molar-refractivity contribution >= 4 is 29.6 Å². The van der Waals surface area contributed by atoms with E-state index in [2.05, 4.69) is 15.0 Å². The molecule has 0 amide bonds. The van der Waals surface area contributed by atoms with E-state index in [0.717, 1.165) is 0 Å². The average molecular weight is 260 g/mol. The molecule has 0 saturated heterocycles. The number of aliphatic carboxylic acids is 1. The second-order valence-electron chi connectivity index (χ2n) is 3.05. The molecule has 0 spiro atoms. The fourth-order valence-electron chi connectivity index (χ4n) is 0.737. The van der Waals surface area contributed by atoms with Gasteiger partial charge in [0.25, 0.3) is 0 Å². The van der Waals surface area contributed by atoms with Crippen LogP contribution in [-0.4, -0.2) is 27.2 Å². The van der Waals surface area contributed by atoms with Gasteiger partial charge in [0, 0.05) is 12.4 Å². The molecule has 0 saturated carbocycles. The number of hydrogen-bond acceptors (Lipinski definition) is 8. The minimum atomic E-state index is -1.17. The van der Waals surface area contributed by atoms with Gasteiger partial charge in [0.15, 0.2) is 0 Å². The number of anilines is 3. The highest BCUT2D eigenvalue weighted by Gasteiger charge is 2.01. The molecule has 0 bridgehead atoms. The molecule has 0 aromatic carbocycles. The van der Waals surface area contributed by atoms with E-state index >= 15 is 0 Å². The van der Waals surface area contributed by atoms with Crippen LogP contribution in [0.2, 0.25) is 0 Å². The van der Waals surface area contributed by atoms with Gasteiger partial charge in [-0.25, -0.2) is 4.98 Å². The molecule has 1 aromatic heterocycles. The molecule has 1 aromatic rings. The molecule has 0 radical (unpaired) electrons. The standard InChI is InChI=1S/C5H8O3.C3H6N6.H2O/c1-4(6)2-3-5(7)8;4-1-7-2(5)9-3(6)8-1;/h2-3H2,1H3,(H,7,8);(H6,4,5,6,7,8,9);1H2. The number of nitrogens with one attached hydrogen (secondary N) is 1. The van der Waals surface area contributed by atoms with Gasteiger partial charge in [-0.15, -0.1) is 0 Å². The summed E-state index contributed by atoms with van der Waals surface area (Å²) in [5.41, 5.74) is 15.5. The smallest absolute Gasteiger partial charge is 0.320 e. The minimum Gasteiger partial charge on any atom is -0.550 e. The number of nitrogens with zero attached hydrogens (tertiary/aromatic N) is 2. The number of H-pyrrole nitrogens is 1. The molecule has 10 heteroatoms. The number of aromatic nitrogens is 3. The third-order valence-electron chi connectivity index (χ3n) is 1.41. The molecule has 0 fully saturated rings. The van der Waals surface area contributed by atoms with Crippen LogP contribution in [0, 0.1) is 0 Å². The summed E-state index contributed by atoms with van der Waals surface area (Å²) in [6.45, 7) is 1.35. The van der Waals surface area contributed by atoms with Crippen molar-refractivity contribution in [1.29, 1.82) is 0 Å². The van der Waals surface area contributed by atoms with E-state index in [1.807, 2.05) is 0 Å². The van der Waals surface area contributed by atoms with Gasteiger partial charge in [-0.3, -0.25) is 0 Å². The number of nitrogen functional groups attached to an aromatic ring is 3. The molecule has 0 aliphatic heterocycles. The maximum absolute atomic E-state index is 10.1. The second kappa shape index (κ2) is 8.64. The van der Waals surface area contributed by atoms with Crippen molar-refractivity contribution in [3.05, 3.63) is 0 Å². The topological polar surface area (TPSA) is 207 Å². The maximum atomic E-state index is 10.1. The third-order valence-corrected chi connectivity index (χ3v) is 1.41. The third kappa shape index (κ3) is 10.0. The van der Waals surface area contributed by atoms with E-state index in [1.54, 1.807) is 0 Å². The van der Waals surface area contributed by atoms with Crippen LogP contribution in [0.3, 0.4) is 0 Å². The molecule has 0 aliphatic carbocycles. The van der Waals surface area contributed by atoms with Gasteiger partial charge in [-0.05, 0) is 13.3 Å². The Morgan fingerprint density at radius 2 is 1.61 bits per heavy atom. The van der Waals surface area contributed by atoms with Crippen LogP contribution < -0.4 is 27.3 Å². The van der Waals surface area contributed by atoms with E-state index in [0.29, 0.717) is 0 Å². The van der Waals surface area contributed by atoms with Crippen LogP contribution in [0.5, 0.6) is 0 Å². The Balaban J connectivity index is 0. The normalized spacial score (nSPS) is 8.50. The summed E-state index contributed by atoms with van der Waals surface area (Å²) < 4.78 is 0. The number of nitrogens with two attached hydrogens (primary N) is 3. The van der Waals surface area contributed by atoms with Crippen LogP contribution in [-0.2, 0) is 9.59 Å². The lowest BCUT2D eigenvalue weighted by molar-refractivity contribution is -0.350. The van der Waals surface area contributed by atoms with E-state index in [-0.39, 0.29) is 41.9 Å². The summed E-state index contributed by atoms with van der Waals surface area (Å²) in [5, 5.41) is 9.64. The highest BCUT2D eigenvalue weighted by molar-refractivity contribution is 5.79. The van der Waals surface area contributed by atoms with Gasteiger partial charge in [0.05, 0.1) is 0 Å². The first-order valence-corrected chi connectivity index (χ1v) is 4.58. The summed E-state index contributed by atoms with van der Waals surface area (Å²) in [4.78, 5) is 29.2. The fraction of sp³-hybridized carbons (Fsp3) is 0.375. The Hall–Kier alpha value is -2.49. The van der Waals surface area contributed by atoms with Crippen LogP contribution in [0.25, 0.3) is 0 Å². The molecule has 102 valence electrons. The molecule has 1 rings (SSSR count). The number of carbonyl (C=O) groups is 2. The quantitative estimate of drug-likeness (QED) is 0.491. The zero-order chi connectivity index (χ0) is 13.4. The highest BCUT2D eigenvalue weighted by atomic mass is 16.4. The van der Waals surface area contributed by atoms with Gasteiger partial charge < -0.3 is 37.4 Å². The minimum absolute atomic E-state index is 0. The van der Waals surface area contributed by atoms with Gasteiger partial charge in [-0.2, -0.15) is 0 Å². The first-order chi connectivity index (χ1) is 7.81. The number of rotatable bonds is 3. The maximum Gasteiger partial charge on any atom is 0.320 e. The summed E-state index contributed by atoms with van der Waals surface area (Å²) >= 11 is 0. The predicted octanol–water partition coefficient (Wildman–Crippen LogP) is -3.68. The van der Waals surface area contributed by atoms with Crippen LogP contribution in [0.15, 0.2) is 0 Å². The molecule has 18 heavy (non-hydrogen) atoms. The lowest BCUT2D eigenvalue weighted by Crippen LogP contribution is -2.22. The molecular weight excluding hydrogens is 244 g/mol. The number of carboxylic acid groups (broad SMARTS) is 1. The van der Waals surface area contributed by atoms with Crippen molar-refractivity contribution in [3.8, 4) is 0 Å². The number of aromatic amines is 1. The van der Waals surface area contributed by atoms with Crippen molar-refractivity contribution < 1.29 is 25.2 Å². The zero-order valence-electron chi connectivity index (χ0n) is 9.77. The Morgan fingerprint density at radius 1 is 1.17 bits per heavy atom. The second-order valence-corrected chi connectivity index (χ2v) is 3.05. The molecule has 10 nitrogen and oxygen atoms in total. The Bertz CT molecular complexity index is 346. The number of hydrogen-bond donors (Lipinski definition) is 3. The molecule has 0 atom stereocenters. The van der Waals surface area contributed by atoms with Crippen LogP contribution in [0.1, 0.15) is 19.8 Å². The summed E-state index contributed by atoms with van der Waals surface area (Å²) in [6.07, 6.45) is -0.0718. The number of Topliss-reactive ketones (excluding diaryl/α,β-unsaturated/α-hetero) is 1. The molecule has 1 heterocycles. The lowest BCUT2D eigenvalue weighted by atomic mass is 10.2. The van der Waals surface area contributed by atoms with E-state index < -0.39 is 5.97 Å². The van der Waals surface area contributed by atoms with E-state index in [9.17, 15) is 14.7 Å². The first-order valence-electron chi connectivity index (χ1n) is 4.58. The number of ketones is 1. The van der Waals surface area contributed by atoms with Crippen LogP contribution >= 0.6 is 0 Å². The van der Waals surface area contributed by atoms with Crippen LogP contribution in [0.4, 0.5) is 17.8 Å². The van der Waals surface area contributed by atoms with Crippen molar-refractivity contribution in [3.63, 3.8) is 0 Å². The van der Waals surface area contributed by atoms with Gasteiger partial charge in [-0.1, -0.05) is 9.97 Å². The van der Waals surface area contributed by atoms with Crippen molar-refractivity contribution in [1.82, 2.24) is 9.97 Å². The fourth-order valence-corrected chi connectivity index (χ4v) is 0.737. The van der Waals surface area contributed by atoms with Gasteiger partial charge in [0.1, 0.15) is 5.78 Å². The molecule has 9 N–H and O–H groups in total. The van der Waals surface area contributed by atoms with E-state index in [4.69, 9.17) is 17.2 Å². The Morgan fingerprint density at radius 3 is 1.83 bits per heavy atom. The molecular formula is C8H16N6O4. The Labute approximate surface area is 103 Å². The summed E-state index contributed by atoms with van der Waals surface area (Å²) in [5.74, 6) is -0.877. The Kier molecular flexibility index (Phi) is 8.59. The summed E-state index contributed by atoms with van der Waals surface area (Å²) in [7, 11) is 0. The van der Waals surface area contributed by atoms with Gasteiger partial charge in [0.2, 0.25) is 0 Å². The number of carboxylic acids is 1. The van der Waals surface area contributed by atoms with Crippen molar-refractivity contribution in [2.75, 3.05) is 17.2 Å². The predicted molar refractivity (Wildman–Crippen MR) is 60.4 cm³/mol. The first kappa shape index (κ1) is 17.9. The largest absolute Gasteiger partial charge is 0.550 e. The average Bonchev–Trinajstić information content (AvgIpc) is 2.13. The summed E-state index contributed by atoms with van der Waals surface area (Å²) in [6, 6.07) is 0. The van der Waals surface area contributed by atoms with E-state index in [1.165, 1.54) is 6.92 Å². The van der Waals surface area contributed by atoms with Crippen molar-refractivity contribution in [2.45, 2.75) is 19.8 Å². The monoisotopic (exact) mass is 260 g/mol. The highest BCUT2D eigenvalue weighted by Crippen LogP contribution is 1.91. The zero-order valence-corrected chi connectivity index (χ0v) is 9.77. The number of carbonyl (C=O) groups excluding carboxylic acids is 2. The molecule has 0 unspecified atom stereocenters. The van der Waals surface area contributed by atoms with Crippen molar-refractivity contribution in [2.24, 2.45) is 0 Å². The lowest BCUT2D eigenvalue weighted by Gasteiger charge is -1.95. The SMILES string of the molecule is CC(=O)CCC(=O)[O-].Nc1nc(N)[nH+]c(N)n1.O.